The van der Waals surface area contributed by atoms with E-state index in [-0.39, 0.29) is 5.41 Å². The van der Waals surface area contributed by atoms with Crippen LogP contribution in [0.15, 0.2) is 36.8 Å². The molecule has 0 fully saturated rings. The highest BCUT2D eigenvalue weighted by Crippen LogP contribution is 2.46. The molecule has 3 aromatic heterocycles. The Labute approximate surface area is 255 Å². The molecular weight excluding hydrogens is 518 g/mol. The number of aryl methyl sites for hydroxylation is 2. The number of hydrogen-bond acceptors (Lipinski definition) is 4. The van der Waals surface area contributed by atoms with Crippen molar-refractivity contribution < 1.29 is 4.74 Å². The third-order valence-electron chi connectivity index (χ3n) is 10.1. The van der Waals surface area contributed by atoms with Gasteiger partial charge in [-0.1, -0.05) is 68.7 Å². The Kier molecular flexibility index (Phi) is 9.94. The minimum atomic E-state index is 0.271. The van der Waals surface area contributed by atoms with Crippen LogP contribution in [0.5, 0.6) is 5.75 Å². The Morgan fingerprint density at radius 3 is 2.26 bits per heavy atom. The van der Waals surface area contributed by atoms with Crippen molar-refractivity contribution in [1.29, 1.82) is 0 Å². The monoisotopic (exact) mass is 575 g/mol. The van der Waals surface area contributed by atoms with Crippen LogP contribution in [-0.2, 0) is 20.0 Å². The minimum absolute atomic E-state index is 0.271. The summed E-state index contributed by atoms with van der Waals surface area (Å²) in [6.45, 7) is 22.8. The lowest BCUT2D eigenvalue weighted by molar-refractivity contribution is 0.199. The molecule has 3 atom stereocenters. The molecule has 6 rings (SSSR count). The van der Waals surface area contributed by atoms with Gasteiger partial charge < -0.3 is 4.74 Å². The van der Waals surface area contributed by atoms with Gasteiger partial charge in [0.05, 0.1) is 18.5 Å². The fourth-order valence-electron chi connectivity index (χ4n) is 7.11. The molecule has 232 valence electrons. The average Bonchev–Trinajstić information content (AvgIpc) is 3.59. The van der Waals surface area contributed by atoms with E-state index in [0.717, 1.165) is 31.0 Å². The van der Waals surface area contributed by atoms with E-state index in [0.29, 0.717) is 28.6 Å². The number of nitrogens with zero attached hydrogens (tertiary/aromatic N) is 5. The zero-order chi connectivity index (χ0) is 30.7. The fourth-order valence-corrected chi connectivity index (χ4v) is 7.11. The summed E-state index contributed by atoms with van der Waals surface area (Å²) in [5, 5.41) is 8.75. The highest BCUT2D eigenvalue weighted by molar-refractivity contribution is 5.32. The largest absolute Gasteiger partial charge is 0.492 e. The number of fused-ring (bicyclic) bond motifs is 3. The molecule has 5 heterocycles. The number of ether oxygens (including phenoxy) is 1. The summed E-state index contributed by atoms with van der Waals surface area (Å²) in [7, 11) is 2.07. The van der Waals surface area contributed by atoms with Crippen molar-refractivity contribution in [2.75, 3.05) is 6.61 Å². The molecule has 6 heteroatoms. The highest BCUT2D eigenvalue weighted by Gasteiger charge is 2.35. The molecule has 0 saturated carbocycles. The molecule has 0 radical (unpaired) electrons. The van der Waals surface area contributed by atoms with Crippen LogP contribution in [0.4, 0.5) is 0 Å². The topological polar surface area (TPSA) is 57.8 Å². The third-order valence-corrected chi connectivity index (χ3v) is 10.1. The van der Waals surface area contributed by atoms with Gasteiger partial charge in [0.15, 0.2) is 0 Å². The second kappa shape index (κ2) is 12.9. The van der Waals surface area contributed by atoms with Crippen LogP contribution >= 0.6 is 0 Å². The van der Waals surface area contributed by atoms with Crippen molar-refractivity contribution in [2.24, 2.45) is 23.3 Å². The zero-order valence-corrected chi connectivity index (χ0v) is 28.2. The molecule has 2 aliphatic heterocycles. The molecule has 6 nitrogen and oxygen atoms in total. The Morgan fingerprint density at radius 2 is 1.57 bits per heavy atom. The smallest absolute Gasteiger partial charge is 0.141 e. The van der Waals surface area contributed by atoms with E-state index < -0.39 is 0 Å². The lowest BCUT2D eigenvalue weighted by Gasteiger charge is -2.36. The summed E-state index contributed by atoms with van der Waals surface area (Å²) in [5.74, 6) is 2.88. The van der Waals surface area contributed by atoms with Crippen LogP contribution < -0.4 is 4.74 Å². The summed E-state index contributed by atoms with van der Waals surface area (Å²) < 4.78 is 9.82. The molecule has 3 aliphatic rings. The van der Waals surface area contributed by atoms with Crippen molar-refractivity contribution in [3.8, 4) is 5.75 Å². The van der Waals surface area contributed by atoms with E-state index in [1.54, 1.807) is 0 Å². The number of pyridine rings is 1. The van der Waals surface area contributed by atoms with Crippen molar-refractivity contribution >= 4 is 0 Å². The second-order valence-corrected chi connectivity index (χ2v) is 15.4. The predicted octanol–water partition coefficient (Wildman–Crippen LogP) is 9.08. The summed E-state index contributed by atoms with van der Waals surface area (Å²) in [5.41, 5.74) is 6.59. The maximum atomic E-state index is 5.59. The Hall–Kier alpha value is -2.63. The maximum Gasteiger partial charge on any atom is 0.141 e. The molecule has 3 aromatic rings. The van der Waals surface area contributed by atoms with Crippen LogP contribution in [0.3, 0.4) is 0 Å². The average molecular weight is 576 g/mol. The lowest BCUT2D eigenvalue weighted by atomic mass is 9.68. The standard InChI is InChI=1S/C13H22N2.C12H17NO.C11H18N2/c1-5-13(2,3)11-7-6-8-12-10(11)9-14-15(12)4;1-12(2,3)9-6-8-14-10-5-4-7-13-11(9)10;1-11(2,3)9-5-4-8-13-10(9)6-7-12-13/h9,11H,5-8H2,1-4H3;4-5,7,9H,6,8H2,1-3H3;6-7,9H,4-5,8H2,1-3H3. The summed E-state index contributed by atoms with van der Waals surface area (Å²) in [6.07, 6.45) is 14.6. The van der Waals surface area contributed by atoms with E-state index in [1.165, 1.54) is 55.5 Å². The van der Waals surface area contributed by atoms with Crippen molar-refractivity contribution in [2.45, 2.75) is 132 Å². The molecule has 0 amide bonds. The van der Waals surface area contributed by atoms with Crippen LogP contribution in [0.2, 0.25) is 0 Å². The van der Waals surface area contributed by atoms with Gasteiger partial charge in [-0.2, -0.15) is 10.2 Å². The number of rotatable bonds is 2. The molecule has 0 spiro atoms. The highest BCUT2D eigenvalue weighted by atomic mass is 16.5. The molecule has 0 aromatic carbocycles. The van der Waals surface area contributed by atoms with Gasteiger partial charge in [-0.05, 0) is 84.5 Å². The Bertz CT molecular complexity index is 1290. The molecule has 1 aliphatic carbocycles. The molecule has 42 heavy (non-hydrogen) atoms. The van der Waals surface area contributed by atoms with E-state index in [9.17, 15) is 0 Å². The minimum Gasteiger partial charge on any atom is -0.492 e. The van der Waals surface area contributed by atoms with Gasteiger partial charge in [-0.15, -0.1) is 0 Å². The van der Waals surface area contributed by atoms with Crippen LogP contribution in [0.25, 0.3) is 0 Å². The number of aromatic nitrogens is 5. The maximum absolute atomic E-state index is 5.59. The van der Waals surface area contributed by atoms with Gasteiger partial charge in [-0.3, -0.25) is 14.3 Å². The SMILES string of the molecule is CC(C)(C)C1CCCn2nccc21.CC(C)(C)C1CCOc2cccnc21.CCC(C)(C)C1CCCc2c1cnn2C. The van der Waals surface area contributed by atoms with Gasteiger partial charge >= 0.3 is 0 Å². The molecular formula is C36H57N5O. The van der Waals surface area contributed by atoms with Crippen LogP contribution in [0, 0.1) is 16.2 Å². The summed E-state index contributed by atoms with van der Waals surface area (Å²) >= 11 is 0. The first-order chi connectivity index (χ1) is 19.7. The molecule has 3 unspecified atom stereocenters. The van der Waals surface area contributed by atoms with Gasteiger partial charge in [0.2, 0.25) is 0 Å². The van der Waals surface area contributed by atoms with E-state index in [2.05, 4.69) is 106 Å². The van der Waals surface area contributed by atoms with Gasteiger partial charge in [-0.25, -0.2) is 0 Å². The number of hydrogen-bond donors (Lipinski definition) is 0. The first-order valence-electron chi connectivity index (χ1n) is 16.3. The first-order valence-corrected chi connectivity index (χ1v) is 16.3. The van der Waals surface area contributed by atoms with Crippen molar-refractivity contribution in [3.63, 3.8) is 0 Å². The zero-order valence-electron chi connectivity index (χ0n) is 28.2. The van der Waals surface area contributed by atoms with Gasteiger partial charge in [0, 0.05) is 49.2 Å². The van der Waals surface area contributed by atoms with Gasteiger partial charge in [0.1, 0.15) is 5.75 Å². The predicted molar refractivity (Wildman–Crippen MR) is 173 cm³/mol. The van der Waals surface area contributed by atoms with E-state index in [4.69, 9.17) is 4.74 Å². The molecule has 0 bridgehead atoms. The fraction of sp³-hybridized carbons (Fsp3) is 0.694. The van der Waals surface area contributed by atoms with Crippen molar-refractivity contribution in [3.05, 3.63) is 59.4 Å². The quantitative estimate of drug-likeness (QED) is 0.306. The van der Waals surface area contributed by atoms with Crippen molar-refractivity contribution in [1.82, 2.24) is 24.5 Å². The molecule has 0 N–H and O–H groups in total. The van der Waals surface area contributed by atoms with Gasteiger partial charge in [0.25, 0.3) is 0 Å². The second-order valence-electron chi connectivity index (χ2n) is 15.4. The third kappa shape index (κ3) is 7.29. The van der Waals surface area contributed by atoms with Crippen LogP contribution in [0.1, 0.15) is 141 Å². The molecule has 0 saturated heterocycles. The Balaban J connectivity index is 0.000000145. The summed E-state index contributed by atoms with van der Waals surface area (Å²) in [6, 6.07) is 6.12. The van der Waals surface area contributed by atoms with E-state index >= 15 is 0 Å². The summed E-state index contributed by atoms with van der Waals surface area (Å²) in [4.78, 5) is 4.44. The first kappa shape index (κ1) is 32.3. The normalized spacial score (nSPS) is 21.8. The van der Waals surface area contributed by atoms with E-state index in [1.807, 2.05) is 24.5 Å². The Morgan fingerprint density at radius 1 is 0.857 bits per heavy atom. The lowest BCUT2D eigenvalue weighted by Crippen LogP contribution is -2.26. The van der Waals surface area contributed by atoms with Crippen LogP contribution in [-0.4, -0.2) is 31.2 Å².